The van der Waals surface area contributed by atoms with Gasteiger partial charge in [0.25, 0.3) is 5.91 Å². The van der Waals surface area contributed by atoms with Crippen LogP contribution < -0.4 is 5.32 Å². The number of ether oxygens (including phenoxy) is 1. The molecule has 1 N–H and O–H groups in total. The SMILES string of the molecule is COC(=O)[C@H](Cc1cccc2ccccc12)NC(=O)c1cc(C)cc(C)c1. The number of hydrogen-bond acceptors (Lipinski definition) is 3. The van der Waals surface area contributed by atoms with Crippen LogP contribution in [0.25, 0.3) is 10.8 Å². The van der Waals surface area contributed by atoms with Crippen molar-refractivity contribution in [1.82, 2.24) is 5.32 Å². The molecule has 3 aromatic rings. The van der Waals surface area contributed by atoms with Gasteiger partial charge in [-0.05, 0) is 42.3 Å². The summed E-state index contributed by atoms with van der Waals surface area (Å²) in [5.41, 5.74) is 3.54. The Morgan fingerprint density at radius 1 is 0.963 bits per heavy atom. The first kappa shape index (κ1) is 18.6. The van der Waals surface area contributed by atoms with Crippen LogP contribution in [0.1, 0.15) is 27.0 Å². The van der Waals surface area contributed by atoms with Crippen molar-refractivity contribution in [2.75, 3.05) is 7.11 Å². The first-order chi connectivity index (χ1) is 13.0. The van der Waals surface area contributed by atoms with Gasteiger partial charge in [0.1, 0.15) is 6.04 Å². The summed E-state index contributed by atoms with van der Waals surface area (Å²) >= 11 is 0. The average molecular weight is 361 g/mol. The van der Waals surface area contributed by atoms with Gasteiger partial charge in [-0.3, -0.25) is 4.79 Å². The van der Waals surface area contributed by atoms with E-state index in [9.17, 15) is 9.59 Å². The maximum atomic E-state index is 12.7. The number of rotatable bonds is 5. The van der Waals surface area contributed by atoms with Gasteiger partial charge in [0.05, 0.1) is 7.11 Å². The fraction of sp³-hybridized carbons (Fsp3) is 0.217. The molecule has 0 aliphatic carbocycles. The topological polar surface area (TPSA) is 55.4 Å². The summed E-state index contributed by atoms with van der Waals surface area (Å²) in [4.78, 5) is 25.0. The molecular weight excluding hydrogens is 338 g/mol. The predicted molar refractivity (Wildman–Crippen MR) is 107 cm³/mol. The summed E-state index contributed by atoms with van der Waals surface area (Å²) in [7, 11) is 1.33. The van der Waals surface area contributed by atoms with Gasteiger partial charge in [0, 0.05) is 12.0 Å². The molecule has 0 aliphatic heterocycles. The van der Waals surface area contributed by atoms with Gasteiger partial charge in [-0.15, -0.1) is 0 Å². The second-order valence-corrected chi connectivity index (χ2v) is 6.77. The lowest BCUT2D eigenvalue weighted by Crippen LogP contribution is -2.43. The number of carbonyl (C=O) groups is 2. The smallest absolute Gasteiger partial charge is 0.328 e. The molecule has 3 rings (SSSR count). The summed E-state index contributed by atoms with van der Waals surface area (Å²) in [6.45, 7) is 3.88. The Hall–Kier alpha value is -3.14. The fourth-order valence-electron chi connectivity index (χ4n) is 3.37. The first-order valence-electron chi connectivity index (χ1n) is 8.91. The molecule has 1 atom stereocenters. The van der Waals surface area contributed by atoms with Gasteiger partial charge >= 0.3 is 5.97 Å². The zero-order valence-electron chi connectivity index (χ0n) is 15.8. The van der Waals surface area contributed by atoms with E-state index in [-0.39, 0.29) is 5.91 Å². The highest BCUT2D eigenvalue weighted by atomic mass is 16.5. The highest BCUT2D eigenvalue weighted by Crippen LogP contribution is 2.20. The van der Waals surface area contributed by atoms with Crippen molar-refractivity contribution in [3.8, 4) is 0 Å². The second kappa shape index (κ2) is 8.04. The number of carbonyl (C=O) groups excluding carboxylic acids is 2. The molecule has 0 fully saturated rings. The average Bonchev–Trinajstić information content (AvgIpc) is 2.66. The molecule has 3 aromatic carbocycles. The van der Waals surface area contributed by atoms with E-state index >= 15 is 0 Å². The quantitative estimate of drug-likeness (QED) is 0.700. The summed E-state index contributed by atoms with van der Waals surface area (Å²) in [5.74, 6) is -0.738. The number of benzene rings is 3. The summed E-state index contributed by atoms with van der Waals surface area (Å²) in [5, 5.41) is 5.00. The van der Waals surface area contributed by atoms with Crippen molar-refractivity contribution in [2.24, 2.45) is 0 Å². The molecule has 0 radical (unpaired) electrons. The van der Waals surface area contributed by atoms with Crippen molar-refractivity contribution in [2.45, 2.75) is 26.3 Å². The van der Waals surface area contributed by atoms with Gasteiger partial charge < -0.3 is 10.1 Å². The van der Waals surface area contributed by atoms with E-state index < -0.39 is 12.0 Å². The van der Waals surface area contributed by atoms with Crippen molar-refractivity contribution >= 4 is 22.6 Å². The predicted octanol–water partition coefficient (Wildman–Crippen LogP) is 3.97. The molecule has 0 spiro atoms. The van der Waals surface area contributed by atoms with Gasteiger partial charge in [-0.25, -0.2) is 4.79 Å². The molecule has 0 bridgehead atoms. The lowest BCUT2D eigenvalue weighted by Gasteiger charge is -2.18. The first-order valence-corrected chi connectivity index (χ1v) is 8.91. The third-order valence-electron chi connectivity index (χ3n) is 4.58. The number of amides is 1. The van der Waals surface area contributed by atoms with Crippen molar-refractivity contribution < 1.29 is 14.3 Å². The molecule has 138 valence electrons. The van der Waals surface area contributed by atoms with Crippen LogP contribution in [0.4, 0.5) is 0 Å². The minimum atomic E-state index is -0.755. The summed E-state index contributed by atoms with van der Waals surface area (Å²) < 4.78 is 4.93. The standard InChI is InChI=1S/C23H23NO3/c1-15-11-16(2)13-19(12-15)22(25)24-21(23(26)27-3)14-18-9-6-8-17-7-4-5-10-20(17)18/h4-13,21H,14H2,1-3H3,(H,24,25)/t21-/m0/s1. The molecule has 27 heavy (non-hydrogen) atoms. The Morgan fingerprint density at radius 2 is 1.63 bits per heavy atom. The second-order valence-electron chi connectivity index (χ2n) is 6.77. The molecule has 0 heterocycles. The molecular formula is C23H23NO3. The monoisotopic (exact) mass is 361 g/mol. The van der Waals surface area contributed by atoms with Crippen molar-refractivity contribution in [3.63, 3.8) is 0 Å². The lowest BCUT2D eigenvalue weighted by molar-refractivity contribution is -0.142. The van der Waals surface area contributed by atoms with Crippen LogP contribution in [0.3, 0.4) is 0 Å². The fourth-order valence-corrected chi connectivity index (χ4v) is 3.37. The van der Waals surface area contributed by atoms with Crippen molar-refractivity contribution in [1.29, 1.82) is 0 Å². The van der Waals surface area contributed by atoms with Crippen LogP contribution >= 0.6 is 0 Å². The molecule has 1 amide bonds. The van der Waals surface area contributed by atoms with Gasteiger partial charge in [0.2, 0.25) is 0 Å². The van der Waals surface area contributed by atoms with E-state index in [1.54, 1.807) is 0 Å². The zero-order valence-corrected chi connectivity index (χ0v) is 15.8. The Bertz CT molecular complexity index is 968. The summed E-state index contributed by atoms with van der Waals surface area (Å²) in [6, 6.07) is 18.8. The number of nitrogens with one attached hydrogen (secondary N) is 1. The van der Waals surface area contributed by atoms with Crippen molar-refractivity contribution in [3.05, 3.63) is 82.9 Å². The minimum absolute atomic E-state index is 0.280. The normalized spacial score (nSPS) is 11.8. The number of fused-ring (bicyclic) bond motifs is 1. The van der Waals surface area contributed by atoms with Gasteiger partial charge in [-0.2, -0.15) is 0 Å². The summed E-state index contributed by atoms with van der Waals surface area (Å²) in [6.07, 6.45) is 0.366. The van der Waals surface area contributed by atoms with E-state index in [2.05, 4.69) is 5.32 Å². The maximum Gasteiger partial charge on any atom is 0.328 e. The van der Waals surface area contributed by atoms with Crippen LogP contribution in [-0.4, -0.2) is 25.0 Å². The minimum Gasteiger partial charge on any atom is -0.467 e. The largest absolute Gasteiger partial charge is 0.467 e. The number of aryl methyl sites for hydroxylation is 2. The zero-order chi connectivity index (χ0) is 19.4. The Morgan fingerprint density at radius 3 is 2.33 bits per heavy atom. The number of hydrogen-bond donors (Lipinski definition) is 1. The van der Waals surface area contributed by atoms with Crippen LogP contribution in [0, 0.1) is 13.8 Å². The number of esters is 1. The molecule has 0 saturated carbocycles. The van der Waals surface area contributed by atoms with E-state index in [0.717, 1.165) is 27.5 Å². The van der Waals surface area contributed by atoms with E-state index in [1.165, 1.54) is 7.11 Å². The highest BCUT2D eigenvalue weighted by molar-refractivity contribution is 5.97. The highest BCUT2D eigenvalue weighted by Gasteiger charge is 2.23. The van der Waals surface area contributed by atoms with E-state index in [0.29, 0.717) is 12.0 Å². The third kappa shape index (κ3) is 4.34. The molecule has 0 unspecified atom stereocenters. The molecule has 0 aliphatic rings. The van der Waals surface area contributed by atoms with E-state index in [1.807, 2.05) is 74.5 Å². The Labute approximate surface area is 159 Å². The van der Waals surface area contributed by atoms with Crippen LogP contribution in [0.2, 0.25) is 0 Å². The molecule has 0 saturated heterocycles. The Balaban J connectivity index is 1.88. The van der Waals surface area contributed by atoms with E-state index in [4.69, 9.17) is 4.74 Å². The molecule has 0 aromatic heterocycles. The Kier molecular flexibility index (Phi) is 5.55. The lowest BCUT2D eigenvalue weighted by atomic mass is 9.98. The number of methoxy groups -OCH3 is 1. The van der Waals surface area contributed by atoms with Crippen LogP contribution in [0.5, 0.6) is 0 Å². The van der Waals surface area contributed by atoms with Crippen LogP contribution in [-0.2, 0) is 16.0 Å². The van der Waals surface area contributed by atoms with Crippen LogP contribution in [0.15, 0.2) is 60.7 Å². The van der Waals surface area contributed by atoms with Gasteiger partial charge in [0.15, 0.2) is 0 Å². The molecule has 4 heteroatoms. The third-order valence-corrected chi connectivity index (χ3v) is 4.58. The van der Waals surface area contributed by atoms with Gasteiger partial charge in [-0.1, -0.05) is 59.7 Å². The maximum absolute atomic E-state index is 12.7. The molecule has 4 nitrogen and oxygen atoms in total.